The molecule has 0 saturated heterocycles. The molecule has 112 valence electrons. The first kappa shape index (κ1) is 15.0. The van der Waals surface area contributed by atoms with Crippen molar-refractivity contribution in [2.24, 2.45) is 0 Å². The molecule has 5 heteroatoms. The van der Waals surface area contributed by atoms with Crippen LogP contribution < -0.4 is 0 Å². The van der Waals surface area contributed by atoms with Crippen LogP contribution in [0.3, 0.4) is 0 Å². The number of ether oxygens (including phenoxy) is 1. The molecule has 0 radical (unpaired) electrons. The van der Waals surface area contributed by atoms with E-state index in [1.165, 1.54) is 19.3 Å². The molecule has 1 aromatic rings. The predicted octanol–water partition coefficient (Wildman–Crippen LogP) is 3.23. The summed E-state index contributed by atoms with van der Waals surface area (Å²) in [5.41, 5.74) is 0. The molecule has 2 rings (SSSR count). The molecule has 1 saturated carbocycles. The molecular formula is C15H25N3O2. The molecule has 1 unspecified atom stereocenters. The van der Waals surface area contributed by atoms with Crippen molar-refractivity contribution in [2.75, 3.05) is 6.61 Å². The number of carbonyl (C=O) groups is 1. The number of rotatable bonds is 6. The lowest BCUT2D eigenvalue weighted by Gasteiger charge is -2.25. The summed E-state index contributed by atoms with van der Waals surface area (Å²) in [5, 5.41) is 8.27. The van der Waals surface area contributed by atoms with E-state index in [9.17, 15) is 4.79 Å². The van der Waals surface area contributed by atoms with Crippen molar-refractivity contribution in [3.05, 3.63) is 12.2 Å². The van der Waals surface area contributed by atoms with Crippen LogP contribution in [0.4, 0.5) is 0 Å². The molecule has 0 spiro atoms. The summed E-state index contributed by atoms with van der Waals surface area (Å²) in [5.74, 6) is 0.348. The van der Waals surface area contributed by atoms with Gasteiger partial charge in [-0.2, -0.15) is 0 Å². The van der Waals surface area contributed by atoms with Crippen LogP contribution in [-0.2, 0) is 9.53 Å². The van der Waals surface area contributed by atoms with Gasteiger partial charge in [-0.05, 0) is 26.2 Å². The Morgan fingerprint density at radius 2 is 2.15 bits per heavy atom. The van der Waals surface area contributed by atoms with Gasteiger partial charge in [0.2, 0.25) is 0 Å². The molecule has 1 aliphatic carbocycles. The molecule has 0 aromatic carbocycles. The average Bonchev–Trinajstić information content (AvgIpc) is 2.95. The van der Waals surface area contributed by atoms with E-state index >= 15 is 0 Å². The van der Waals surface area contributed by atoms with Gasteiger partial charge in [-0.25, -0.2) is 0 Å². The first-order valence-corrected chi connectivity index (χ1v) is 7.84. The topological polar surface area (TPSA) is 57.0 Å². The third-order valence-corrected chi connectivity index (χ3v) is 4.03. The number of hydrogen-bond donors (Lipinski definition) is 0. The molecule has 1 atom stereocenters. The van der Waals surface area contributed by atoms with E-state index in [0.717, 1.165) is 31.5 Å². The van der Waals surface area contributed by atoms with Crippen molar-refractivity contribution < 1.29 is 9.53 Å². The second kappa shape index (κ2) is 7.41. The predicted molar refractivity (Wildman–Crippen MR) is 76.4 cm³/mol. The second-order valence-corrected chi connectivity index (χ2v) is 5.48. The average molecular weight is 279 g/mol. The molecule has 1 aromatic heterocycles. The monoisotopic (exact) mass is 279 g/mol. The number of hydrogen-bond acceptors (Lipinski definition) is 4. The highest BCUT2D eigenvalue weighted by Gasteiger charge is 2.29. The zero-order valence-electron chi connectivity index (χ0n) is 12.5. The summed E-state index contributed by atoms with van der Waals surface area (Å²) in [6.45, 7) is 4.33. The Labute approximate surface area is 120 Å². The zero-order chi connectivity index (χ0) is 14.4. The summed E-state index contributed by atoms with van der Waals surface area (Å²) >= 11 is 0. The Kier molecular flexibility index (Phi) is 5.56. The number of aromatic nitrogens is 3. The minimum absolute atomic E-state index is 0.167. The molecule has 1 aliphatic rings. The molecule has 1 fully saturated rings. The van der Waals surface area contributed by atoms with E-state index in [0.29, 0.717) is 12.6 Å². The smallest absolute Gasteiger partial charge is 0.316 e. The standard InChI is InChI=1S/C15H25N3O2/c1-3-8-13(15(19)20-4-2)14-17-16-11-18(14)12-9-6-5-7-10-12/h11-13H,3-10H2,1-2H3. The lowest BCUT2D eigenvalue weighted by Crippen LogP contribution is -2.23. The van der Waals surface area contributed by atoms with Gasteiger partial charge in [0, 0.05) is 6.04 Å². The van der Waals surface area contributed by atoms with Crippen molar-refractivity contribution in [3.8, 4) is 0 Å². The van der Waals surface area contributed by atoms with Crippen LogP contribution in [0.15, 0.2) is 6.33 Å². The fourth-order valence-electron chi connectivity index (χ4n) is 3.03. The largest absolute Gasteiger partial charge is 0.465 e. The number of carbonyl (C=O) groups excluding carboxylic acids is 1. The van der Waals surface area contributed by atoms with Gasteiger partial charge in [0.05, 0.1) is 6.61 Å². The number of esters is 1. The summed E-state index contributed by atoms with van der Waals surface area (Å²) < 4.78 is 7.32. The SMILES string of the molecule is CCCC(C(=O)OCC)c1nncn1C1CCCCC1. The van der Waals surface area contributed by atoms with Crippen LogP contribution >= 0.6 is 0 Å². The molecule has 20 heavy (non-hydrogen) atoms. The maximum atomic E-state index is 12.2. The van der Waals surface area contributed by atoms with Crippen molar-refractivity contribution in [1.29, 1.82) is 0 Å². The van der Waals surface area contributed by atoms with Gasteiger partial charge in [-0.1, -0.05) is 32.6 Å². The molecule has 0 amide bonds. The van der Waals surface area contributed by atoms with E-state index in [1.807, 2.05) is 6.92 Å². The second-order valence-electron chi connectivity index (χ2n) is 5.48. The van der Waals surface area contributed by atoms with Crippen molar-refractivity contribution in [3.63, 3.8) is 0 Å². The highest BCUT2D eigenvalue weighted by Crippen LogP contribution is 2.31. The third kappa shape index (κ3) is 3.38. The third-order valence-electron chi connectivity index (χ3n) is 4.03. The van der Waals surface area contributed by atoms with Crippen LogP contribution in [0.1, 0.15) is 76.6 Å². The van der Waals surface area contributed by atoms with Crippen LogP contribution in [0.5, 0.6) is 0 Å². The van der Waals surface area contributed by atoms with E-state index in [2.05, 4.69) is 21.7 Å². The van der Waals surface area contributed by atoms with E-state index in [1.54, 1.807) is 6.33 Å². The van der Waals surface area contributed by atoms with Crippen LogP contribution in [0.2, 0.25) is 0 Å². The normalized spacial score (nSPS) is 17.9. The fourth-order valence-corrected chi connectivity index (χ4v) is 3.03. The molecule has 5 nitrogen and oxygen atoms in total. The number of nitrogens with zero attached hydrogens (tertiary/aromatic N) is 3. The molecule has 0 bridgehead atoms. The summed E-state index contributed by atoms with van der Waals surface area (Å²) in [6, 6.07) is 0.447. The lowest BCUT2D eigenvalue weighted by molar-refractivity contribution is -0.145. The van der Waals surface area contributed by atoms with E-state index < -0.39 is 0 Å². The Hall–Kier alpha value is -1.39. The van der Waals surface area contributed by atoms with Gasteiger partial charge in [0.1, 0.15) is 18.1 Å². The Balaban J connectivity index is 2.20. The van der Waals surface area contributed by atoms with Gasteiger partial charge in [-0.3, -0.25) is 4.79 Å². The fraction of sp³-hybridized carbons (Fsp3) is 0.800. The van der Waals surface area contributed by atoms with Crippen LogP contribution in [0.25, 0.3) is 0 Å². The van der Waals surface area contributed by atoms with Crippen molar-refractivity contribution >= 4 is 5.97 Å². The van der Waals surface area contributed by atoms with Gasteiger partial charge < -0.3 is 9.30 Å². The van der Waals surface area contributed by atoms with E-state index in [-0.39, 0.29) is 11.9 Å². The van der Waals surface area contributed by atoms with Crippen molar-refractivity contribution in [2.45, 2.75) is 70.8 Å². The first-order chi connectivity index (χ1) is 9.77. The Morgan fingerprint density at radius 3 is 2.80 bits per heavy atom. The van der Waals surface area contributed by atoms with Gasteiger partial charge in [0.15, 0.2) is 0 Å². The maximum Gasteiger partial charge on any atom is 0.316 e. The van der Waals surface area contributed by atoms with Gasteiger partial charge >= 0.3 is 5.97 Å². The Morgan fingerprint density at radius 1 is 1.40 bits per heavy atom. The highest BCUT2D eigenvalue weighted by molar-refractivity contribution is 5.77. The molecule has 0 aliphatic heterocycles. The highest BCUT2D eigenvalue weighted by atomic mass is 16.5. The summed E-state index contributed by atoms with van der Waals surface area (Å²) in [6.07, 6.45) is 9.61. The summed E-state index contributed by atoms with van der Waals surface area (Å²) in [4.78, 5) is 12.2. The van der Waals surface area contributed by atoms with Gasteiger partial charge in [-0.15, -0.1) is 10.2 Å². The maximum absolute atomic E-state index is 12.2. The van der Waals surface area contributed by atoms with E-state index in [4.69, 9.17) is 4.74 Å². The van der Waals surface area contributed by atoms with Gasteiger partial charge in [0.25, 0.3) is 0 Å². The molecule has 1 heterocycles. The molecular weight excluding hydrogens is 254 g/mol. The zero-order valence-corrected chi connectivity index (χ0v) is 12.5. The summed E-state index contributed by atoms with van der Waals surface area (Å²) in [7, 11) is 0. The van der Waals surface area contributed by atoms with Crippen LogP contribution in [0, 0.1) is 0 Å². The minimum Gasteiger partial charge on any atom is -0.465 e. The quantitative estimate of drug-likeness (QED) is 0.750. The Bertz CT molecular complexity index is 425. The first-order valence-electron chi connectivity index (χ1n) is 7.84. The molecule has 0 N–H and O–H groups in total. The van der Waals surface area contributed by atoms with Crippen LogP contribution in [-0.4, -0.2) is 27.3 Å². The lowest BCUT2D eigenvalue weighted by atomic mass is 9.94. The minimum atomic E-state index is -0.274. The van der Waals surface area contributed by atoms with Crippen molar-refractivity contribution in [1.82, 2.24) is 14.8 Å².